The number of pyridine rings is 2. The van der Waals surface area contributed by atoms with Crippen LogP contribution in [0.25, 0.3) is 10.9 Å². The third kappa shape index (κ3) is 4.50. The SMILES string of the molecule is O=C(NCc1ccco1)c1c[nH]c2ccc(S(=O)(=O)N3CCCCC3c3cccnc3)cc2c1=O. The van der Waals surface area contributed by atoms with E-state index in [9.17, 15) is 18.0 Å². The van der Waals surface area contributed by atoms with Crippen molar-refractivity contribution in [1.82, 2.24) is 19.6 Å². The van der Waals surface area contributed by atoms with Crippen LogP contribution < -0.4 is 10.7 Å². The molecular weight excluding hydrogens is 468 g/mol. The van der Waals surface area contributed by atoms with Crippen molar-refractivity contribution >= 4 is 26.8 Å². The maximum absolute atomic E-state index is 13.7. The molecule has 4 aromatic rings. The Labute approximate surface area is 201 Å². The van der Waals surface area contributed by atoms with Gasteiger partial charge in [0.05, 0.1) is 23.7 Å². The van der Waals surface area contributed by atoms with Crippen molar-refractivity contribution in [3.63, 3.8) is 0 Å². The number of aromatic nitrogens is 2. The van der Waals surface area contributed by atoms with Crippen molar-refractivity contribution in [2.45, 2.75) is 36.7 Å². The molecule has 180 valence electrons. The van der Waals surface area contributed by atoms with E-state index in [0.717, 1.165) is 18.4 Å². The molecule has 1 unspecified atom stereocenters. The summed E-state index contributed by atoms with van der Waals surface area (Å²) in [5.41, 5.74) is 0.629. The molecule has 35 heavy (non-hydrogen) atoms. The van der Waals surface area contributed by atoms with E-state index in [-0.39, 0.29) is 28.4 Å². The number of hydrogen-bond donors (Lipinski definition) is 2. The lowest BCUT2D eigenvalue weighted by atomic mass is 9.99. The highest BCUT2D eigenvalue weighted by molar-refractivity contribution is 7.89. The van der Waals surface area contributed by atoms with Crippen molar-refractivity contribution < 1.29 is 17.6 Å². The summed E-state index contributed by atoms with van der Waals surface area (Å²) in [5, 5.41) is 2.77. The van der Waals surface area contributed by atoms with Gasteiger partial charge in [-0.05, 0) is 54.8 Å². The van der Waals surface area contributed by atoms with E-state index in [1.54, 1.807) is 36.7 Å². The first-order chi connectivity index (χ1) is 16.9. The summed E-state index contributed by atoms with van der Waals surface area (Å²) in [6.07, 6.45) is 8.54. The molecule has 1 aliphatic rings. The monoisotopic (exact) mass is 492 g/mol. The van der Waals surface area contributed by atoms with Crippen molar-refractivity contribution in [1.29, 1.82) is 0 Å². The van der Waals surface area contributed by atoms with E-state index in [4.69, 9.17) is 4.42 Å². The maximum atomic E-state index is 13.7. The van der Waals surface area contributed by atoms with E-state index < -0.39 is 21.4 Å². The standard InChI is InChI=1S/C25H24N4O5S/c30-24-20-13-19(35(32,33)29-11-2-1-7-23(29)17-5-3-10-26-14-17)8-9-22(20)27-16-21(24)25(31)28-15-18-6-4-12-34-18/h3-6,8-10,12-14,16,23H,1-2,7,11,15H2,(H,27,30)(H,28,31). The molecule has 2 N–H and O–H groups in total. The molecule has 1 fully saturated rings. The number of fused-ring (bicyclic) bond motifs is 1. The quantitative estimate of drug-likeness (QED) is 0.425. The number of carbonyl (C=O) groups excluding carboxylic acids is 1. The van der Waals surface area contributed by atoms with Crippen molar-refractivity contribution in [2.24, 2.45) is 0 Å². The zero-order valence-electron chi connectivity index (χ0n) is 18.8. The summed E-state index contributed by atoms with van der Waals surface area (Å²) in [6.45, 7) is 0.508. The normalized spacial score (nSPS) is 16.9. The summed E-state index contributed by atoms with van der Waals surface area (Å²) >= 11 is 0. The zero-order valence-corrected chi connectivity index (χ0v) is 19.6. The molecule has 10 heteroatoms. The Morgan fingerprint density at radius 1 is 1.20 bits per heavy atom. The van der Waals surface area contributed by atoms with E-state index in [1.807, 2.05) is 6.07 Å². The van der Waals surface area contributed by atoms with E-state index in [0.29, 0.717) is 24.2 Å². The Bertz CT molecular complexity index is 1510. The Hall–Kier alpha value is -3.76. The summed E-state index contributed by atoms with van der Waals surface area (Å²) in [5.74, 6) is -0.0286. The van der Waals surface area contributed by atoms with E-state index in [1.165, 1.54) is 28.9 Å². The third-order valence-electron chi connectivity index (χ3n) is 6.23. The van der Waals surface area contributed by atoms with Crippen LogP contribution in [0.4, 0.5) is 0 Å². The predicted molar refractivity (Wildman–Crippen MR) is 129 cm³/mol. The highest BCUT2D eigenvalue weighted by Crippen LogP contribution is 2.35. The smallest absolute Gasteiger partial charge is 0.257 e. The van der Waals surface area contributed by atoms with Gasteiger partial charge < -0.3 is 14.7 Å². The first-order valence-corrected chi connectivity index (χ1v) is 12.8. The average molecular weight is 493 g/mol. The first-order valence-electron chi connectivity index (χ1n) is 11.3. The molecule has 1 aliphatic heterocycles. The zero-order chi connectivity index (χ0) is 24.4. The second kappa shape index (κ2) is 9.47. The number of piperidine rings is 1. The number of furan rings is 1. The molecule has 1 aromatic carbocycles. The van der Waals surface area contributed by atoms with Crippen LogP contribution in [0.2, 0.25) is 0 Å². The molecular formula is C25H24N4O5S. The maximum Gasteiger partial charge on any atom is 0.257 e. The van der Waals surface area contributed by atoms with Crippen molar-refractivity contribution in [2.75, 3.05) is 6.54 Å². The van der Waals surface area contributed by atoms with Crippen LogP contribution in [0.15, 0.2) is 81.4 Å². The molecule has 0 spiro atoms. The summed E-state index contributed by atoms with van der Waals surface area (Å²) in [6, 6.07) is 11.1. The summed E-state index contributed by atoms with van der Waals surface area (Å²) in [4.78, 5) is 32.9. The molecule has 1 saturated heterocycles. The molecule has 9 nitrogen and oxygen atoms in total. The lowest BCUT2D eigenvalue weighted by Crippen LogP contribution is -2.38. The fraction of sp³-hybridized carbons (Fsp3) is 0.240. The number of rotatable bonds is 6. The number of nitrogens with zero attached hydrogens (tertiary/aromatic N) is 2. The minimum Gasteiger partial charge on any atom is -0.467 e. The third-order valence-corrected chi connectivity index (χ3v) is 8.13. The number of hydrogen-bond acceptors (Lipinski definition) is 6. The van der Waals surface area contributed by atoms with Crippen LogP contribution >= 0.6 is 0 Å². The van der Waals surface area contributed by atoms with Crippen LogP contribution in [0.1, 0.15) is 47.0 Å². The highest BCUT2D eigenvalue weighted by Gasteiger charge is 2.34. The van der Waals surface area contributed by atoms with Crippen LogP contribution in [-0.2, 0) is 16.6 Å². The van der Waals surface area contributed by atoms with Crippen molar-refractivity contribution in [3.8, 4) is 0 Å². The Balaban J connectivity index is 1.48. The molecule has 4 heterocycles. The average Bonchev–Trinajstić information content (AvgIpc) is 3.42. The van der Waals surface area contributed by atoms with Crippen LogP contribution in [0, 0.1) is 0 Å². The lowest BCUT2D eigenvalue weighted by Gasteiger charge is -2.34. The number of sulfonamides is 1. The number of benzene rings is 1. The molecule has 0 bridgehead atoms. The van der Waals surface area contributed by atoms with Gasteiger partial charge in [0.15, 0.2) is 0 Å². The van der Waals surface area contributed by atoms with Gasteiger partial charge in [0.1, 0.15) is 11.3 Å². The number of amides is 1. The van der Waals surface area contributed by atoms with Gasteiger partial charge in [-0.15, -0.1) is 0 Å². The Kier molecular flexibility index (Phi) is 6.23. The van der Waals surface area contributed by atoms with E-state index >= 15 is 0 Å². The Morgan fingerprint density at radius 3 is 2.86 bits per heavy atom. The molecule has 1 atom stereocenters. The number of nitrogens with one attached hydrogen (secondary N) is 2. The van der Waals surface area contributed by atoms with Gasteiger partial charge >= 0.3 is 0 Å². The molecule has 3 aromatic heterocycles. The second-order valence-electron chi connectivity index (χ2n) is 8.41. The minimum atomic E-state index is -3.90. The second-order valence-corrected chi connectivity index (χ2v) is 10.3. The number of carbonyl (C=O) groups is 1. The highest BCUT2D eigenvalue weighted by atomic mass is 32.2. The van der Waals surface area contributed by atoms with Gasteiger partial charge in [-0.3, -0.25) is 14.6 Å². The topological polar surface area (TPSA) is 125 Å². The molecule has 0 saturated carbocycles. The first kappa shape index (κ1) is 23.0. The molecule has 1 amide bonds. The molecule has 0 radical (unpaired) electrons. The number of H-pyrrole nitrogens is 1. The van der Waals surface area contributed by atoms with Gasteiger partial charge in [-0.2, -0.15) is 4.31 Å². The van der Waals surface area contributed by atoms with Crippen LogP contribution in [0.5, 0.6) is 0 Å². The fourth-order valence-corrected chi connectivity index (χ4v) is 6.15. The van der Waals surface area contributed by atoms with Crippen molar-refractivity contribution in [3.05, 3.63) is 94.4 Å². The summed E-state index contributed by atoms with van der Waals surface area (Å²) < 4.78 is 34.0. The van der Waals surface area contributed by atoms with Gasteiger partial charge in [0.2, 0.25) is 15.5 Å². The minimum absolute atomic E-state index is 0.0134. The van der Waals surface area contributed by atoms with Crippen LogP contribution in [-0.4, -0.2) is 35.1 Å². The molecule has 5 rings (SSSR count). The lowest BCUT2D eigenvalue weighted by molar-refractivity contribution is 0.0947. The molecule has 0 aliphatic carbocycles. The fourth-order valence-electron chi connectivity index (χ4n) is 4.44. The van der Waals surface area contributed by atoms with Gasteiger partial charge in [0, 0.05) is 36.0 Å². The van der Waals surface area contributed by atoms with Gasteiger partial charge in [-0.25, -0.2) is 8.42 Å². The largest absolute Gasteiger partial charge is 0.467 e. The van der Waals surface area contributed by atoms with Gasteiger partial charge in [-0.1, -0.05) is 12.5 Å². The predicted octanol–water partition coefficient (Wildman–Crippen LogP) is 3.36. The van der Waals surface area contributed by atoms with Crippen LogP contribution in [0.3, 0.4) is 0 Å². The van der Waals surface area contributed by atoms with Gasteiger partial charge in [0.25, 0.3) is 5.91 Å². The number of aromatic amines is 1. The Morgan fingerprint density at radius 2 is 2.09 bits per heavy atom. The summed E-state index contributed by atoms with van der Waals surface area (Å²) in [7, 11) is -3.90. The van der Waals surface area contributed by atoms with E-state index in [2.05, 4.69) is 15.3 Å².